The third-order valence-electron chi connectivity index (χ3n) is 14.0. The summed E-state index contributed by atoms with van der Waals surface area (Å²) in [6.45, 7) is 4.79. The molecule has 300 valence electrons. The lowest BCUT2D eigenvalue weighted by Crippen LogP contribution is -2.14. The SMILES string of the molecule is CC1(C)c2ccccc2-c2cc3c(-c4cccc5ccccc45)c4ccc(-c5ccc(-c6nc7ccccc7n6-c6ccccc6)cc5)cc4c(-c4cccc5ccccc45)c3cc21. The Labute approximate surface area is 372 Å². The highest BCUT2D eigenvalue weighted by atomic mass is 15.1. The third kappa shape index (κ3) is 5.42. The molecule has 0 atom stereocenters. The Hall–Kier alpha value is -8.07. The van der Waals surface area contributed by atoms with Gasteiger partial charge in [0.05, 0.1) is 11.0 Å². The molecule has 0 amide bonds. The molecule has 0 saturated heterocycles. The van der Waals surface area contributed by atoms with Gasteiger partial charge >= 0.3 is 0 Å². The van der Waals surface area contributed by atoms with Gasteiger partial charge in [-0.15, -0.1) is 0 Å². The first kappa shape index (κ1) is 36.6. The number of fused-ring (bicyclic) bond motifs is 8. The van der Waals surface area contributed by atoms with Gasteiger partial charge in [-0.2, -0.15) is 0 Å². The van der Waals surface area contributed by atoms with Crippen LogP contribution in [0.5, 0.6) is 0 Å². The summed E-state index contributed by atoms with van der Waals surface area (Å²) in [4.78, 5) is 5.17. The molecule has 0 N–H and O–H groups in total. The lowest BCUT2D eigenvalue weighted by molar-refractivity contribution is 0.661. The highest BCUT2D eigenvalue weighted by Gasteiger charge is 2.36. The summed E-state index contributed by atoms with van der Waals surface area (Å²) in [5, 5.41) is 10.0. The molecule has 2 nitrogen and oxygen atoms in total. The summed E-state index contributed by atoms with van der Waals surface area (Å²) < 4.78 is 2.27. The van der Waals surface area contributed by atoms with E-state index in [1.165, 1.54) is 93.2 Å². The zero-order chi connectivity index (χ0) is 42.5. The molecule has 1 aliphatic carbocycles. The second kappa shape index (κ2) is 14.0. The van der Waals surface area contributed by atoms with Gasteiger partial charge in [-0.3, -0.25) is 4.57 Å². The van der Waals surface area contributed by atoms with E-state index in [1.807, 2.05) is 0 Å². The average Bonchev–Trinajstić information content (AvgIpc) is 3.85. The fraction of sp³-hybridized carbons (Fsp3) is 0.0484. The van der Waals surface area contributed by atoms with E-state index in [-0.39, 0.29) is 5.41 Å². The van der Waals surface area contributed by atoms with Gasteiger partial charge in [0.1, 0.15) is 5.82 Å². The van der Waals surface area contributed by atoms with Crippen LogP contribution in [0.4, 0.5) is 0 Å². The first-order chi connectivity index (χ1) is 31.5. The molecule has 0 bridgehead atoms. The van der Waals surface area contributed by atoms with E-state index in [0.29, 0.717) is 0 Å². The second-order valence-corrected chi connectivity index (χ2v) is 17.9. The minimum Gasteiger partial charge on any atom is -0.292 e. The van der Waals surface area contributed by atoms with E-state index < -0.39 is 0 Å². The first-order valence-electron chi connectivity index (χ1n) is 22.3. The molecular weight excluding hydrogens is 773 g/mol. The van der Waals surface area contributed by atoms with Crippen LogP contribution in [0.3, 0.4) is 0 Å². The van der Waals surface area contributed by atoms with Crippen LogP contribution in [0.2, 0.25) is 0 Å². The van der Waals surface area contributed by atoms with Gasteiger partial charge in [0.25, 0.3) is 0 Å². The van der Waals surface area contributed by atoms with Crippen molar-refractivity contribution in [1.29, 1.82) is 0 Å². The summed E-state index contributed by atoms with van der Waals surface area (Å²) in [6, 6.07) is 80.5. The number of hydrogen-bond donors (Lipinski definition) is 0. The minimum atomic E-state index is -0.157. The minimum absolute atomic E-state index is 0.157. The van der Waals surface area contributed by atoms with Crippen molar-refractivity contribution in [3.05, 3.63) is 230 Å². The van der Waals surface area contributed by atoms with Gasteiger partial charge in [-0.25, -0.2) is 4.98 Å². The first-order valence-corrected chi connectivity index (χ1v) is 22.3. The van der Waals surface area contributed by atoms with Crippen LogP contribution >= 0.6 is 0 Å². The normalized spacial score (nSPS) is 13.0. The molecule has 1 aromatic heterocycles. The fourth-order valence-electron chi connectivity index (χ4n) is 10.9. The number of rotatable bonds is 5. The summed E-state index contributed by atoms with van der Waals surface area (Å²) in [5.41, 5.74) is 16.9. The molecule has 12 aromatic rings. The summed E-state index contributed by atoms with van der Waals surface area (Å²) >= 11 is 0. The lowest BCUT2D eigenvalue weighted by Gasteiger charge is -2.24. The molecule has 2 heteroatoms. The van der Waals surface area contributed by atoms with Crippen LogP contribution in [0.1, 0.15) is 25.0 Å². The summed E-state index contributed by atoms with van der Waals surface area (Å²) in [5.74, 6) is 0.930. The lowest BCUT2D eigenvalue weighted by atomic mass is 9.78. The van der Waals surface area contributed by atoms with Gasteiger partial charge in [0, 0.05) is 16.7 Å². The van der Waals surface area contributed by atoms with Crippen LogP contribution in [0, 0.1) is 0 Å². The molecule has 0 unspecified atom stereocenters. The second-order valence-electron chi connectivity index (χ2n) is 17.9. The van der Waals surface area contributed by atoms with Gasteiger partial charge in [0.15, 0.2) is 0 Å². The smallest absolute Gasteiger partial charge is 0.145 e. The maximum Gasteiger partial charge on any atom is 0.145 e. The zero-order valence-corrected chi connectivity index (χ0v) is 35.7. The molecule has 64 heavy (non-hydrogen) atoms. The predicted molar refractivity (Wildman–Crippen MR) is 270 cm³/mol. The molecule has 13 rings (SSSR count). The number of aromatic nitrogens is 2. The standard InChI is InChI=1S/C62H42N2/c1-62(2)55-27-11-10-24-47(55)51-37-53-54(38-56(51)62)60(49-26-15-19-41-17-7-9-23-46(41)49)52-36-43(34-35-50(52)59(53)48-25-14-18-40-16-6-8-22-45(40)48)39-30-32-42(33-31-39)61-63-57-28-12-13-29-58(57)64(61)44-20-4-3-5-21-44/h3-38H,1-2H3. The highest BCUT2D eigenvalue weighted by Crippen LogP contribution is 2.54. The van der Waals surface area contributed by atoms with E-state index in [1.54, 1.807) is 0 Å². The van der Waals surface area contributed by atoms with E-state index in [9.17, 15) is 0 Å². The number of imidazole rings is 1. The van der Waals surface area contributed by atoms with Crippen LogP contribution < -0.4 is 0 Å². The van der Waals surface area contributed by atoms with Crippen molar-refractivity contribution in [3.8, 4) is 61.6 Å². The molecule has 0 saturated carbocycles. The van der Waals surface area contributed by atoms with Crippen LogP contribution in [0.15, 0.2) is 218 Å². The van der Waals surface area contributed by atoms with Gasteiger partial charge in [0.2, 0.25) is 0 Å². The Bertz CT molecular complexity index is 3840. The number of hydrogen-bond acceptors (Lipinski definition) is 1. The Morgan fingerprint density at radius 2 is 0.906 bits per heavy atom. The number of benzene rings is 11. The molecule has 1 heterocycles. The van der Waals surface area contributed by atoms with Crippen molar-refractivity contribution >= 4 is 54.1 Å². The van der Waals surface area contributed by atoms with Crippen LogP contribution in [0.25, 0.3) is 116 Å². The molecule has 0 fully saturated rings. The maximum absolute atomic E-state index is 5.17. The third-order valence-corrected chi connectivity index (χ3v) is 14.0. The zero-order valence-electron chi connectivity index (χ0n) is 35.7. The Morgan fingerprint density at radius 3 is 1.66 bits per heavy atom. The van der Waals surface area contributed by atoms with Gasteiger partial charge in [-0.05, 0) is 141 Å². The van der Waals surface area contributed by atoms with Crippen molar-refractivity contribution < 1.29 is 0 Å². The maximum atomic E-state index is 5.17. The van der Waals surface area contributed by atoms with Crippen molar-refractivity contribution in [1.82, 2.24) is 9.55 Å². The predicted octanol–water partition coefficient (Wildman–Crippen LogP) is 16.6. The Morgan fingerprint density at radius 1 is 0.359 bits per heavy atom. The highest BCUT2D eigenvalue weighted by molar-refractivity contribution is 6.26. The number of para-hydroxylation sites is 3. The van der Waals surface area contributed by atoms with Crippen LogP contribution in [-0.4, -0.2) is 9.55 Å². The largest absolute Gasteiger partial charge is 0.292 e. The van der Waals surface area contributed by atoms with Crippen LogP contribution in [-0.2, 0) is 5.41 Å². The number of nitrogens with zero attached hydrogens (tertiary/aromatic N) is 2. The summed E-state index contributed by atoms with van der Waals surface area (Å²) in [6.07, 6.45) is 0. The molecular formula is C62H42N2. The Balaban J connectivity index is 1.10. The molecule has 1 aliphatic rings. The molecule has 0 radical (unpaired) electrons. The van der Waals surface area contributed by atoms with Crippen molar-refractivity contribution in [2.24, 2.45) is 0 Å². The molecule has 11 aromatic carbocycles. The Kier molecular flexibility index (Phi) is 7.98. The molecule has 0 aliphatic heterocycles. The van der Waals surface area contributed by atoms with E-state index in [2.05, 4.69) is 237 Å². The fourth-order valence-corrected chi connectivity index (χ4v) is 10.9. The average molecular weight is 815 g/mol. The summed E-state index contributed by atoms with van der Waals surface area (Å²) in [7, 11) is 0. The molecule has 0 spiro atoms. The van der Waals surface area contributed by atoms with Crippen molar-refractivity contribution in [2.75, 3.05) is 0 Å². The van der Waals surface area contributed by atoms with E-state index in [4.69, 9.17) is 4.98 Å². The monoisotopic (exact) mass is 814 g/mol. The van der Waals surface area contributed by atoms with Gasteiger partial charge < -0.3 is 0 Å². The van der Waals surface area contributed by atoms with Crippen molar-refractivity contribution in [2.45, 2.75) is 19.3 Å². The van der Waals surface area contributed by atoms with Gasteiger partial charge in [-0.1, -0.05) is 190 Å². The van der Waals surface area contributed by atoms with E-state index >= 15 is 0 Å². The van der Waals surface area contributed by atoms with Crippen molar-refractivity contribution in [3.63, 3.8) is 0 Å². The topological polar surface area (TPSA) is 17.8 Å². The van der Waals surface area contributed by atoms with E-state index in [0.717, 1.165) is 33.7 Å². The quantitative estimate of drug-likeness (QED) is 0.158.